The molecule has 2 unspecified atom stereocenters. The van der Waals surface area contributed by atoms with Crippen molar-refractivity contribution in [3.8, 4) is 5.69 Å². The minimum absolute atomic E-state index is 0.580. The molecule has 6 heteroatoms. The fourth-order valence-corrected chi connectivity index (χ4v) is 4.11. The number of rotatable bonds is 6. The largest absolute Gasteiger partial charge is 0.306 e. The lowest BCUT2D eigenvalue weighted by Crippen LogP contribution is -2.34. The molecule has 1 aliphatic rings. The van der Waals surface area contributed by atoms with Gasteiger partial charge in [0.25, 0.3) is 0 Å². The van der Waals surface area contributed by atoms with Crippen LogP contribution in [-0.4, -0.2) is 37.3 Å². The number of hydrogen-bond acceptors (Lipinski definition) is 5. The molecule has 1 aromatic heterocycles. The molecule has 0 saturated heterocycles. The van der Waals surface area contributed by atoms with Gasteiger partial charge in [0, 0.05) is 11.3 Å². The Morgan fingerprint density at radius 3 is 2.95 bits per heavy atom. The third-order valence-electron chi connectivity index (χ3n) is 3.89. The van der Waals surface area contributed by atoms with Crippen LogP contribution in [0.1, 0.15) is 32.0 Å². The molecule has 112 valence electrons. The van der Waals surface area contributed by atoms with Gasteiger partial charge in [-0.2, -0.15) is 16.4 Å². The van der Waals surface area contributed by atoms with Gasteiger partial charge in [0.05, 0.1) is 12.2 Å². The second-order valence-electron chi connectivity index (χ2n) is 5.25. The number of nitrogens with zero attached hydrogens (tertiary/aromatic N) is 4. The van der Waals surface area contributed by atoms with Crippen molar-refractivity contribution < 1.29 is 0 Å². The van der Waals surface area contributed by atoms with E-state index in [1.54, 1.807) is 0 Å². The van der Waals surface area contributed by atoms with Gasteiger partial charge in [-0.1, -0.05) is 31.5 Å². The predicted molar refractivity (Wildman–Crippen MR) is 85.6 cm³/mol. The quantitative estimate of drug-likeness (QED) is 0.888. The van der Waals surface area contributed by atoms with Crippen molar-refractivity contribution in [3.63, 3.8) is 0 Å². The molecule has 0 radical (unpaired) electrons. The van der Waals surface area contributed by atoms with E-state index in [9.17, 15) is 0 Å². The zero-order valence-electron chi connectivity index (χ0n) is 12.3. The lowest BCUT2D eigenvalue weighted by Gasteiger charge is -2.19. The Labute approximate surface area is 129 Å². The maximum absolute atomic E-state index is 4.16. The first-order valence-electron chi connectivity index (χ1n) is 7.56. The summed E-state index contributed by atoms with van der Waals surface area (Å²) in [6, 6.07) is 10.6. The summed E-state index contributed by atoms with van der Waals surface area (Å²) < 4.78 is 1.81. The zero-order valence-corrected chi connectivity index (χ0v) is 13.1. The molecule has 0 amide bonds. The van der Waals surface area contributed by atoms with Gasteiger partial charge < -0.3 is 5.32 Å². The number of hydrogen-bond donors (Lipinski definition) is 1. The molecule has 0 aliphatic heterocycles. The molecule has 1 aromatic carbocycles. The average Bonchev–Trinajstić information content (AvgIpc) is 3.15. The van der Waals surface area contributed by atoms with E-state index in [0.717, 1.165) is 16.8 Å². The molecule has 3 rings (SSSR count). The van der Waals surface area contributed by atoms with Crippen molar-refractivity contribution in [3.05, 3.63) is 36.2 Å². The first-order chi connectivity index (χ1) is 10.4. The molecule has 2 aromatic rings. The van der Waals surface area contributed by atoms with Crippen molar-refractivity contribution in [1.82, 2.24) is 25.5 Å². The smallest absolute Gasteiger partial charge is 0.170 e. The van der Waals surface area contributed by atoms with Gasteiger partial charge in [-0.25, -0.2) is 0 Å². The normalized spacial score (nSPS) is 21.8. The number of benzene rings is 1. The van der Waals surface area contributed by atoms with Crippen LogP contribution in [0.4, 0.5) is 0 Å². The average molecular weight is 303 g/mol. The van der Waals surface area contributed by atoms with Gasteiger partial charge in [-0.05, 0) is 41.2 Å². The van der Waals surface area contributed by atoms with Crippen molar-refractivity contribution in [2.24, 2.45) is 0 Å². The molecule has 1 heterocycles. The number of tetrazole rings is 1. The van der Waals surface area contributed by atoms with E-state index in [-0.39, 0.29) is 0 Å². The van der Waals surface area contributed by atoms with Crippen LogP contribution in [0.25, 0.3) is 5.69 Å². The first-order valence-corrected chi connectivity index (χ1v) is 8.61. The van der Waals surface area contributed by atoms with Gasteiger partial charge in [0.15, 0.2) is 5.82 Å². The maximum atomic E-state index is 4.16. The van der Waals surface area contributed by atoms with Crippen LogP contribution < -0.4 is 5.32 Å². The van der Waals surface area contributed by atoms with E-state index in [4.69, 9.17) is 0 Å². The van der Waals surface area contributed by atoms with Crippen molar-refractivity contribution in [2.75, 3.05) is 5.75 Å². The van der Waals surface area contributed by atoms with Crippen LogP contribution in [0.3, 0.4) is 0 Å². The van der Waals surface area contributed by atoms with Gasteiger partial charge in [-0.3, -0.25) is 0 Å². The minimum atomic E-state index is 0.580. The third kappa shape index (κ3) is 3.44. The fraction of sp³-hybridized carbons (Fsp3) is 0.533. The fourth-order valence-electron chi connectivity index (χ4n) is 2.88. The lowest BCUT2D eigenvalue weighted by atomic mass is 10.2. The van der Waals surface area contributed by atoms with E-state index in [1.165, 1.54) is 25.0 Å². The second-order valence-corrected chi connectivity index (χ2v) is 6.77. The summed E-state index contributed by atoms with van der Waals surface area (Å²) in [5.41, 5.74) is 1.00. The molecular formula is C15H21N5S. The zero-order chi connectivity index (χ0) is 14.5. The Hall–Kier alpha value is -1.40. The Morgan fingerprint density at radius 1 is 1.29 bits per heavy atom. The molecule has 1 N–H and O–H groups in total. The highest BCUT2D eigenvalue weighted by Gasteiger charge is 2.27. The highest BCUT2D eigenvalue weighted by atomic mass is 32.2. The molecular weight excluding hydrogens is 282 g/mol. The predicted octanol–water partition coefficient (Wildman–Crippen LogP) is 2.43. The standard InChI is InChI=1S/C15H21N5S/c1-2-21-14-10-6-9-13(14)16-11-15-17-18-19-20(15)12-7-4-3-5-8-12/h3-5,7-8,13-14,16H,2,6,9-11H2,1H3. The topological polar surface area (TPSA) is 55.6 Å². The molecule has 2 atom stereocenters. The Morgan fingerprint density at radius 2 is 2.14 bits per heavy atom. The van der Waals surface area contributed by atoms with E-state index in [0.29, 0.717) is 12.6 Å². The summed E-state index contributed by atoms with van der Waals surface area (Å²) in [7, 11) is 0. The molecule has 21 heavy (non-hydrogen) atoms. The van der Waals surface area contributed by atoms with E-state index >= 15 is 0 Å². The number of nitrogens with one attached hydrogen (secondary N) is 1. The SMILES string of the molecule is CCSC1CCCC1NCc1nnnn1-c1ccccc1. The summed E-state index contributed by atoms with van der Waals surface area (Å²) in [5.74, 6) is 2.05. The third-order valence-corrected chi connectivity index (χ3v) is 5.22. The van der Waals surface area contributed by atoms with Crippen LogP contribution in [0.5, 0.6) is 0 Å². The highest BCUT2D eigenvalue weighted by Crippen LogP contribution is 2.30. The number of thioether (sulfide) groups is 1. The minimum Gasteiger partial charge on any atom is -0.306 e. The van der Waals surface area contributed by atoms with Crippen LogP contribution >= 0.6 is 11.8 Å². The van der Waals surface area contributed by atoms with Gasteiger partial charge in [-0.15, -0.1) is 5.10 Å². The maximum Gasteiger partial charge on any atom is 0.170 e. The van der Waals surface area contributed by atoms with Crippen LogP contribution in [0.15, 0.2) is 30.3 Å². The van der Waals surface area contributed by atoms with E-state index in [2.05, 4.69) is 39.5 Å². The summed E-state index contributed by atoms with van der Waals surface area (Å²) in [6.07, 6.45) is 3.89. The van der Waals surface area contributed by atoms with Crippen LogP contribution in [0.2, 0.25) is 0 Å². The monoisotopic (exact) mass is 303 g/mol. The molecule has 0 spiro atoms. The van der Waals surface area contributed by atoms with E-state index in [1.807, 2.05) is 35.0 Å². The summed E-state index contributed by atoms with van der Waals surface area (Å²) >= 11 is 2.06. The number of para-hydroxylation sites is 1. The van der Waals surface area contributed by atoms with Crippen molar-refractivity contribution in [2.45, 2.75) is 44.0 Å². The highest BCUT2D eigenvalue weighted by molar-refractivity contribution is 7.99. The summed E-state index contributed by atoms with van der Waals surface area (Å²) in [5, 5.41) is 16.4. The first kappa shape index (κ1) is 14.5. The van der Waals surface area contributed by atoms with Crippen molar-refractivity contribution >= 4 is 11.8 Å². The van der Waals surface area contributed by atoms with Crippen LogP contribution in [0, 0.1) is 0 Å². The Balaban J connectivity index is 1.65. The number of aromatic nitrogens is 4. The van der Waals surface area contributed by atoms with Gasteiger partial charge in [0.2, 0.25) is 0 Å². The Kier molecular flexibility index (Phi) is 4.87. The Bertz CT molecular complexity index is 556. The lowest BCUT2D eigenvalue weighted by molar-refractivity contribution is 0.515. The van der Waals surface area contributed by atoms with E-state index < -0.39 is 0 Å². The van der Waals surface area contributed by atoms with Crippen LogP contribution in [-0.2, 0) is 6.54 Å². The molecule has 0 bridgehead atoms. The van der Waals surface area contributed by atoms with Crippen molar-refractivity contribution in [1.29, 1.82) is 0 Å². The van der Waals surface area contributed by atoms with Gasteiger partial charge in [0.1, 0.15) is 0 Å². The second kappa shape index (κ2) is 7.04. The molecule has 1 aliphatic carbocycles. The summed E-state index contributed by atoms with van der Waals surface area (Å²) in [6.45, 7) is 2.95. The van der Waals surface area contributed by atoms with Gasteiger partial charge >= 0.3 is 0 Å². The summed E-state index contributed by atoms with van der Waals surface area (Å²) in [4.78, 5) is 0. The molecule has 5 nitrogen and oxygen atoms in total. The molecule has 1 saturated carbocycles. The molecule has 1 fully saturated rings.